The van der Waals surface area contributed by atoms with Crippen molar-refractivity contribution >= 4 is 54.8 Å². The maximum atomic E-state index is 6.57. The molecule has 0 bridgehead atoms. The Morgan fingerprint density at radius 2 is 1.82 bits per heavy atom. The SMILES string of the molecule is Cc1cc(C(Cl)c2sccc2Br)c(C)cc1Br. The third kappa shape index (κ3) is 2.78. The lowest BCUT2D eigenvalue weighted by molar-refractivity contribution is 1.12. The molecule has 0 aliphatic heterocycles. The largest absolute Gasteiger partial charge is 0.146 e. The molecule has 0 aliphatic carbocycles. The molecule has 0 aliphatic rings. The van der Waals surface area contributed by atoms with Crippen molar-refractivity contribution in [2.45, 2.75) is 19.2 Å². The van der Waals surface area contributed by atoms with Crippen molar-refractivity contribution in [2.75, 3.05) is 0 Å². The molecule has 0 nitrogen and oxygen atoms in total. The summed E-state index contributed by atoms with van der Waals surface area (Å²) in [5, 5.41) is 1.96. The fraction of sp³-hybridized carbons (Fsp3) is 0.231. The molecule has 0 radical (unpaired) electrons. The van der Waals surface area contributed by atoms with E-state index in [9.17, 15) is 0 Å². The Hall–Kier alpha value is 0.170. The van der Waals surface area contributed by atoms with Gasteiger partial charge in [-0.2, -0.15) is 0 Å². The van der Waals surface area contributed by atoms with Crippen LogP contribution in [0, 0.1) is 13.8 Å². The number of aryl methyl sites for hydroxylation is 2. The molecule has 2 aromatic rings. The molecule has 0 fully saturated rings. The molecular weight excluding hydrogens is 383 g/mol. The zero-order valence-electron chi connectivity index (χ0n) is 9.43. The first-order chi connectivity index (χ1) is 8.00. The van der Waals surface area contributed by atoms with Gasteiger partial charge < -0.3 is 0 Å². The topological polar surface area (TPSA) is 0 Å². The first kappa shape index (κ1) is 13.6. The molecular formula is C13H11Br2ClS. The van der Waals surface area contributed by atoms with E-state index in [1.807, 2.05) is 6.07 Å². The van der Waals surface area contributed by atoms with Crippen LogP contribution < -0.4 is 0 Å². The highest BCUT2D eigenvalue weighted by atomic mass is 79.9. The van der Waals surface area contributed by atoms with E-state index >= 15 is 0 Å². The average Bonchev–Trinajstić information content (AvgIpc) is 2.69. The maximum Gasteiger partial charge on any atom is 0.0941 e. The van der Waals surface area contributed by atoms with Crippen LogP contribution in [-0.4, -0.2) is 0 Å². The standard InChI is InChI=1S/C13H11Br2ClS/c1-7-6-11(15)8(2)5-9(7)12(16)13-10(14)3-4-17-13/h3-6,12H,1-2H3. The van der Waals surface area contributed by atoms with Gasteiger partial charge in [-0.3, -0.25) is 0 Å². The van der Waals surface area contributed by atoms with Crippen LogP contribution in [0.4, 0.5) is 0 Å². The van der Waals surface area contributed by atoms with Gasteiger partial charge in [-0.1, -0.05) is 22.0 Å². The Balaban J connectivity index is 2.48. The molecule has 2 rings (SSSR count). The van der Waals surface area contributed by atoms with Gasteiger partial charge in [0.25, 0.3) is 0 Å². The number of rotatable bonds is 2. The fourth-order valence-corrected chi connectivity index (χ4v) is 4.39. The predicted octanol–water partition coefficient (Wildman–Crippen LogP) is 6.22. The molecule has 0 amide bonds. The summed E-state index contributed by atoms with van der Waals surface area (Å²) in [7, 11) is 0. The van der Waals surface area contributed by atoms with Crippen molar-refractivity contribution in [3.63, 3.8) is 0 Å². The van der Waals surface area contributed by atoms with E-state index in [4.69, 9.17) is 11.6 Å². The summed E-state index contributed by atoms with van der Waals surface area (Å²) >= 11 is 15.3. The van der Waals surface area contributed by atoms with E-state index in [1.165, 1.54) is 16.7 Å². The van der Waals surface area contributed by atoms with Crippen molar-refractivity contribution < 1.29 is 0 Å². The van der Waals surface area contributed by atoms with Crippen LogP contribution in [-0.2, 0) is 0 Å². The van der Waals surface area contributed by atoms with Crippen molar-refractivity contribution in [1.82, 2.24) is 0 Å². The number of thiophene rings is 1. The number of alkyl halides is 1. The van der Waals surface area contributed by atoms with Gasteiger partial charge in [0.2, 0.25) is 0 Å². The molecule has 0 saturated carbocycles. The highest BCUT2D eigenvalue weighted by Gasteiger charge is 2.18. The molecule has 90 valence electrons. The Morgan fingerprint density at radius 3 is 2.41 bits per heavy atom. The van der Waals surface area contributed by atoms with Gasteiger partial charge in [-0.05, 0) is 64.0 Å². The van der Waals surface area contributed by atoms with Crippen LogP contribution in [0.1, 0.15) is 26.9 Å². The monoisotopic (exact) mass is 392 g/mol. The molecule has 1 atom stereocenters. The molecule has 1 heterocycles. The zero-order chi connectivity index (χ0) is 12.6. The second-order valence-corrected chi connectivity index (χ2v) is 7.05. The lowest BCUT2D eigenvalue weighted by Gasteiger charge is -2.14. The predicted molar refractivity (Wildman–Crippen MR) is 83.3 cm³/mol. The van der Waals surface area contributed by atoms with E-state index in [2.05, 4.69) is 63.2 Å². The fourth-order valence-electron chi connectivity index (χ4n) is 1.70. The summed E-state index contributed by atoms with van der Waals surface area (Å²) in [4.78, 5) is 1.16. The number of halogens is 3. The minimum absolute atomic E-state index is 0.0869. The first-order valence-electron chi connectivity index (χ1n) is 5.14. The van der Waals surface area contributed by atoms with Crippen molar-refractivity contribution in [3.8, 4) is 0 Å². The van der Waals surface area contributed by atoms with Gasteiger partial charge in [0.15, 0.2) is 0 Å². The first-order valence-corrected chi connectivity index (χ1v) is 8.04. The van der Waals surface area contributed by atoms with Crippen molar-refractivity contribution in [1.29, 1.82) is 0 Å². The van der Waals surface area contributed by atoms with Crippen LogP contribution in [0.25, 0.3) is 0 Å². The molecule has 0 spiro atoms. The van der Waals surface area contributed by atoms with E-state index in [0.717, 1.165) is 13.8 Å². The summed E-state index contributed by atoms with van der Waals surface area (Å²) < 4.78 is 2.22. The molecule has 0 saturated heterocycles. The summed E-state index contributed by atoms with van der Waals surface area (Å²) in [6, 6.07) is 6.32. The molecule has 1 aromatic heterocycles. The minimum atomic E-state index is -0.0869. The smallest absolute Gasteiger partial charge is 0.0941 e. The molecule has 17 heavy (non-hydrogen) atoms. The van der Waals surface area contributed by atoms with E-state index < -0.39 is 0 Å². The summed E-state index contributed by atoms with van der Waals surface area (Å²) in [5.41, 5.74) is 3.60. The molecule has 1 aromatic carbocycles. The van der Waals surface area contributed by atoms with Gasteiger partial charge in [0.05, 0.1) is 5.38 Å². The highest BCUT2D eigenvalue weighted by Crippen LogP contribution is 2.39. The Bertz CT molecular complexity index is 548. The zero-order valence-corrected chi connectivity index (χ0v) is 14.2. The lowest BCUT2D eigenvalue weighted by atomic mass is 10.0. The van der Waals surface area contributed by atoms with Gasteiger partial charge in [-0.15, -0.1) is 22.9 Å². The maximum absolute atomic E-state index is 6.57. The van der Waals surface area contributed by atoms with E-state index in [1.54, 1.807) is 11.3 Å². The molecule has 0 N–H and O–H groups in total. The second kappa shape index (κ2) is 5.43. The third-order valence-electron chi connectivity index (χ3n) is 2.70. The Labute approximate surface area is 127 Å². The molecule has 4 heteroatoms. The van der Waals surface area contributed by atoms with Gasteiger partial charge in [0, 0.05) is 13.8 Å². The van der Waals surface area contributed by atoms with Crippen molar-refractivity contribution in [2.24, 2.45) is 0 Å². The Kier molecular flexibility index (Phi) is 4.35. The van der Waals surface area contributed by atoms with Gasteiger partial charge in [0.1, 0.15) is 0 Å². The second-order valence-electron chi connectivity index (χ2n) is 3.95. The summed E-state index contributed by atoms with van der Waals surface area (Å²) in [6.07, 6.45) is 0. The quantitative estimate of drug-likeness (QED) is 0.531. The summed E-state index contributed by atoms with van der Waals surface area (Å²) in [5.74, 6) is 0. The van der Waals surface area contributed by atoms with Gasteiger partial charge in [-0.25, -0.2) is 0 Å². The Morgan fingerprint density at radius 1 is 1.12 bits per heavy atom. The highest BCUT2D eigenvalue weighted by molar-refractivity contribution is 9.10. The van der Waals surface area contributed by atoms with E-state index in [-0.39, 0.29) is 5.38 Å². The number of hydrogen-bond donors (Lipinski definition) is 0. The normalized spacial score (nSPS) is 12.8. The summed E-state index contributed by atoms with van der Waals surface area (Å²) in [6.45, 7) is 4.18. The van der Waals surface area contributed by atoms with Crippen molar-refractivity contribution in [3.05, 3.63) is 54.1 Å². The van der Waals surface area contributed by atoms with Crippen LogP contribution in [0.3, 0.4) is 0 Å². The van der Waals surface area contributed by atoms with E-state index in [0.29, 0.717) is 0 Å². The average molecular weight is 395 g/mol. The minimum Gasteiger partial charge on any atom is -0.146 e. The third-order valence-corrected chi connectivity index (χ3v) is 6.07. The van der Waals surface area contributed by atoms with Crippen LogP contribution >= 0.6 is 54.8 Å². The van der Waals surface area contributed by atoms with Crippen LogP contribution in [0.2, 0.25) is 0 Å². The van der Waals surface area contributed by atoms with Crippen LogP contribution in [0.15, 0.2) is 32.5 Å². The molecule has 1 unspecified atom stereocenters. The van der Waals surface area contributed by atoms with Crippen LogP contribution in [0.5, 0.6) is 0 Å². The lowest BCUT2D eigenvalue weighted by Crippen LogP contribution is -1.96. The number of benzene rings is 1. The number of hydrogen-bond acceptors (Lipinski definition) is 1. The van der Waals surface area contributed by atoms with Gasteiger partial charge >= 0.3 is 0 Å².